The van der Waals surface area contributed by atoms with Crippen molar-refractivity contribution in [3.05, 3.63) is 60.3 Å². The van der Waals surface area contributed by atoms with Crippen molar-refractivity contribution in [1.82, 2.24) is 29.7 Å². The van der Waals surface area contributed by atoms with Crippen molar-refractivity contribution in [2.24, 2.45) is 0 Å². The lowest BCUT2D eigenvalue weighted by Gasteiger charge is -2.23. The molecule has 0 aliphatic rings. The van der Waals surface area contributed by atoms with Crippen LogP contribution in [0.4, 0.5) is 5.95 Å². The largest absolute Gasteiger partial charge is 0.494 e. The van der Waals surface area contributed by atoms with Crippen LogP contribution in [0.3, 0.4) is 0 Å². The standard InChI is InChI=1S/C25H29N7O6S/c1-15-10-17(12-26-11-15)24-29-30-25(32(24)22-19(35-3)8-7-9-20(22)36-4)31-39(33,34)16(2)23(38-6)18-13-28-21(37-5)14-27-18/h7-14,16,23H,1-6H3,(H,30,31)/t16-,23-/m1/s1. The molecule has 0 saturated heterocycles. The molecule has 0 aliphatic carbocycles. The second kappa shape index (κ2) is 11.6. The number of rotatable bonds is 11. The van der Waals surface area contributed by atoms with Gasteiger partial charge in [0.1, 0.15) is 28.5 Å². The zero-order valence-corrected chi connectivity index (χ0v) is 23.1. The first kappa shape index (κ1) is 27.7. The average Bonchev–Trinajstić information content (AvgIpc) is 3.35. The van der Waals surface area contributed by atoms with Gasteiger partial charge in [0.05, 0.1) is 39.4 Å². The van der Waals surface area contributed by atoms with Crippen molar-refractivity contribution in [2.75, 3.05) is 33.2 Å². The van der Waals surface area contributed by atoms with E-state index in [9.17, 15) is 8.42 Å². The Morgan fingerprint density at radius 2 is 1.64 bits per heavy atom. The highest BCUT2D eigenvalue weighted by Crippen LogP contribution is 2.38. The number of sulfonamides is 1. The first-order valence-corrected chi connectivity index (χ1v) is 13.3. The molecule has 14 heteroatoms. The third-order valence-electron chi connectivity index (χ3n) is 5.97. The van der Waals surface area contributed by atoms with Gasteiger partial charge in [-0.15, -0.1) is 10.2 Å². The van der Waals surface area contributed by atoms with Crippen LogP contribution in [0.2, 0.25) is 0 Å². The van der Waals surface area contributed by atoms with Crippen LogP contribution in [-0.2, 0) is 14.8 Å². The molecule has 4 rings (SSSR count). The van der Waals surface area contributed by atoms with Gasteiger partial charge in [-0.2, -0.15) is 0 Å². The van der Waals surface area contributed by atoms with E-state index in [1.54, 1.807) is 30.6 Å². The first-order chi connectivity index (χ1) is 18.7. The molecule has 1 N–H and O–H groups in total. The summed E-state index contributed by atoms with van der Waals surface area (Å²) in [6.07, 6.45) is 5.16. The van der Waals surface area contributed by atoms with Gasteiger partial charge in [-0.3, -0.25) is 19.3 Å². The lowest BCUT2D eigenvalue weighted by atomic mass is 10.2. The predicted octanol–water partition coefficient (Wildman–Crippen LogP) is 2.97. The van der Waals surface area contributed by atoms with E-state index in [0.29, 0.717) is 40.1 Å². The number of methoxy groups -OCH3 is 4. The van der Waals surface area contributed by atoms with Gasteiger partial charge in [0.25, 0.3) is 0 Å². The maximum atomic E-state index is 13.7. The Morgan fingerprint density at radius 3 is 2.21 bits per heavy atom. The molecule has 0 amide bonds. The second-order valence-electron chi connectivity index (χ2n) is 8.44. The van der Waals surface area contributed by atoms with E-state index in [1.807, 2.05) is 13.0 Å². The van der Waals surface area contributed by atoms with E-state index in [2.05, 4.69) is 29.9 Å². The number of hydrogen-bond acceptors (Lipinski definition) is 11. The van der Waals surface area contributed by atoms with Crippen LogP contribution in [0.5, 0.6) is 17.4 Å². The molecule has 4 aromatic rings. The molecule has 0 unspecified atom stereocenters. The highest BCUT2D eigenvalue weighted by Gasteiger charge is 2.34. The summed E-state index contributed by atoms with van der Waals surface area (Å²) in [6.45, 7) is 3.39. The number of ether oxygens (including phenoxy) is 4. The number of aromatic nitrogens is 6. The lowest BCUT2D eigenvalue weighted by Crippen LogP contribution is -2.33. The SMILES string of the molecule is COc1cnc([C@H](OC)[C@@H](C)S(=O)(=O)Nc2nnc(-c3cncc(C)c3)n2-c2c(OC)cccc2OC)cn1. The fraction of sp³-hybridized carbons (Fsp3) is 0.320. The van der Waals surface area contributed by atoms with E-state index in [1.165, 1.54) is 52.3 Å². The van der Waals surface area contributed by atoms with Gasteiger partial charge in [-0.1, -0.05) is 6.07 Å². The lowest BCUT2D eigenvalue weighted by molar-refractivity contribution is 0.0984. The Bertz CT molecular complexity index is 1520. The molecule has 39 heavy (non-hydrogen) atoms. The Labute approximate surface area is 226 Å². The van der Waals surface area contributed by atoms with Crippen LogP contribution in [0.1, 0.15) is 24.3 Å². The predicted molar refractivity (Wildman–Crippen MR) is 143 cm³/mol. The quantitative estimate of drug-likeness (QED) is 0.291. The average molecular weight is 556 g/mol. The number of pyridine rings is 1. The third kappa shape index (κ3) is 5.61. The summed E-state index contributed by atoms with van der Waals surface area (Å²) in [7, 11) is 1.73. The Balaban J connectivity index is 1.82. The third-order valence-corrected chi connectivity index (χ3v) is 7.67. The molecular formula is C25H29N7O6S. The highest BCUT2D eigenvalue weighted by atomic mass is 32.2. The maximum absolute atomic E-state index is 13.7. The number of benzene rings is 1. The van der Waals surface area contributed by atoms with E-state index < -0.39 is 21.4 Å². The van der Waals surface area contributed by atoms with Crippen molar-refractivity contribution in [1.29, 1.82) is 0 Å². The fourth-order valence-corrected chi connectivity index (χ4v) is 5.14. The summed E-state index contributed by atoms with van der Waals surface area (Å²) in [4.78, 5) is 12.6. The van der Waals surface area contributed by atoms with Crippen LogP contribution < -0.4 is 18.9 Å². The minimum absolute atomic E-state index is 0.0863. The smallest absolute Gasteiger partial charge is 0.243 e. The summed E-state index contributed by atoms with van der Waals surface area (Å²) < 4.78 is 53.2. The summed E-state index contributed by atoms with van der Waals surface area (Å²) in [6, 6.07) is 7.06. The van der Waals surface area contributed by atoms with Crippen LogP contribution in [0.25, 0.3) is 17.1 Å². The molecule has 0 spiro atoms. The number of aryl methyl sites for hydroxylation is 1. The number of anilines is 1. The van der Waals surface area contributed by atoms with Gasteiger partial charge >= 0.3 is 0 Å². The zero-order chi connectivity index (χ0) is 28.2. The minimum atomic E-state index is -4.13. The normalized spacial score (nSPS) is 13.0. The van der Waals surface area contributed by atoms with E-state index in [4.69, 9.17) is 18.9 Å². The molecule has 13 nitrogen and oxygen atoms in total. The van der Waals surface area contributed by atoms with Crippen LogP contribution in [0, 0.1) is 6.92 Å². The Morgan fingerprint density at radius 1 is 0.923 bits per heavy atom. The van der Waals surface area contributed by atoms with Crippen LogP contribution >= 0.6 is 0 Å². The molecular weight excluding hydrogens is 526 g/mol. The molecule has 1 aromatic carbocycles. The maximum Gasteiger partial charge on any atom is 0.243 e. The van der Waals surface area contributed by atoms with Crippen molar-refractivity contribution < 1.29 is 27.4 Å². The van der Waals surface area contributed by atoms with Gasteiger partial charge < -0.3 is 18.9 Å². The van der Waals surface area contributed by atoms with E-state index >= 15 is 0 Å². The highest BCUT2D eigenvalue weighted by molar-refractivity contribution is 7.93. The van der Waals surface area contributed by atoms with Crippen molar-refractivity contribution in [2.45, 2.75) is 25.2 Å². The summed E-state index contributed by atoms with van der Waals surface area (Å²) in [5.41, 5.74) is 2.21. The molecule has 3 heterocycles. The number of para-hydroxylation sites is 1. The van der Waals surface area contributed by atoms with Crippen molar-refractivity contribution in [3.63, 3.8) is 0 Å². The molecule has 0 saturated carbocycles. The van der Waals surface area contributed by atoms with Crippen LogP contribution in [-0.4, -0.2) is 71.8 Å². The topological polar surface area (TPSA) is 152 Å². The number of hydrogen-bond donors (Lipinski definition) is 1. The number of nitrogens with zero attached hydrogens (tertiary/aromatic N) is 6. The molecule has 206 valence electrons. The van der Waals surface area contributed by atoms with Gasteiger partial charge in [0.2, 0.25) is 21.9 Å². The Kier molecular flexibility index (Phi) is 8.26. The molecule has 2 atom stereocenters. The number of nitrogens with one attached hydrogen (secondary N) is 1. The van der Waals surface area contributed by atoms with Crippen LogP contribution in [0.15, 0.2) is 49.1 Å². The molecule has 0 radical (unpaired) electrons. The Hall–Kier alpha value is -4.30. The minimum Gasteiger partial charge on any atom is -0.494 e. The molecule has 0 bridgehead atoms. The summed E-state index contributed by atoms with van der Waals surface area (Å²) in [5.74, 6) is 1.35. The fourth-order valence-electron chi connectivity index (χ4n) is 3.99. The van der Waals surface area contributed by atoms with E-state index in [0.717, 1.165) is 5.56 Å². The molecule has 0 fully saturated rings. The summed E-state index contributed by atoms with van der Waals surface area (Å²) in [5, 5.41) is 7.39. The van der Waals surface area contributed by atoms with Gasteiger partial charge in [0, 0.05) is 25.1 Å². The second-order valence-corrected chi connectivity index (χ2v) is 10.5. The summed E-state index contributed by atoms with van der Waals surface area (Å²) >= 11 is 0. The molecule has 0 aliphatic heterocycles. The van der Waals surface area contributed by atoms with Crippen molar-refractivity contribution in [3.8, 4) is 34.5 Å². The van der Waals surface area contributed by atoms with Crippen molar-refractivity contribution >= 4 is 16.0 Å². The van der Waals surface area contributed by atoms with Gasteiger partial charge in [-0.25, -0.2) is 13.4 Å². The molecule has 3 aromatic heterocycles. The van der Waals surface area contributed by atoms with Gasteiger partial charge in [-0.05, 0) is 37.6 Å². The first-order valence-electron chi connectivity index (χ1n) is 11.7. The van der Waals surface area contributed by atoms with Gasteiger partial charge in [0.15, 0.2) is 5.82 Å². The monoisotopic (exact) mass is 555 g/mol. The van der Waals surface area contributed by atoms with E-state index in [-0.39, 0.29) is 5.95 Å². The zero-order valence-electron chi connectivity index (χ0n) is 22.3.